The van der Waals surface area contributed by atoms with Gasteiger partial charge in [0.2, 0.25) is 5.16 Å². The summed E-state index contributed by atoms with van der Waals surface area (Å²) in [6.07, 6.45) is 0. The molecule has 0 unspecified atom stereocenters. The Kier molecular flexibility index (Phi) is 3.78. The van der Waals surface area contributed by atoms with E-state index < -0.39 is 0 Å². The number of anilines is 1. The minimum Gasteiger partial charge on any atom is -0.384 e. The van der Waals surface area contributed by atoms with Crippen molar-refractivity contribution in [2.24, 2.45) is 0 Å². The van der Waals surface area contributed by atoms with Crippen LogP contribution in [-0.4, -0.2) is 30.2 Å². The fraction of sp³-hybridized carbons (Fsp3) is 0.154. The number of nitrogens with two attached hydrogens (primary N) is 1. The molecule has 3 rings (SSSR count). The van der Waals surface area contributed by atoms with E-state index in [1.54, 1.807) is 10.7 Å². The molecule has 0 aliphatic heterocycles. The summed E-state index contributed by atoms with van der Waals surface area (Å²) in [6, 6.07) is 11.5. The van der Waals surface area contributed by atoms with E-state index in [0.717, 1.165) is 11.4 Å². The average molecular weight is 299 g/mol. The van der Waals surface area contributed by atoms with Crippen molar-refractivity contribution < 1.29 is 0 Å². The van der Waals surface area contributed by atoms with Crippen LogP contribution in [0.1, 0.15) is 11.5 Å². The zero-order chi connectivity index (χ0) is 14.7. The molecular weight excluding hydrogens is 286 g/mol. The zero-order valence-electron chi connectivity index (χ0n) is 11.3. The monoisotopic (exact) mass is 299 g/mol. The van der Waals surface area contributed by atoms with Crippen LogP contribution in [0.5, 0.6) is 0 Å². The summed E-state index contributed by atoms with van der Waals surface area (Å²) in [6.45, 7) is 1.89. The summed E-state index contributed by atoms with van der Waals surface area (Å²) in [5.41, 5.74) is 7.48. The van der Waals surface area contributed by atoms with Gasteiger partial charge in [0, 0.05) is 11.8 Å². The molecule has 1 aromatic carbocycles. The van der Waals surface area contributed by atoms with Crippen LogP contribution in [-0.2, 0) is 5.75 Å². The average Bonchev–Trinajstić information content (AvgIpc) is 2.93. The predicted molar refractivity (Wildman–Crippen MR) is 79.9 cm³/mol. The zero-order valence-corrected chi connectivity index (χ0v) is 12.2. The number of hydrogen-bond donors (Lipinski definition) is 1. The van der Waals surface area contributed by atoms with Gasteiger partial charge in [0.15, 0.2) is 0 Å². The Morgan fingerprint density at radius 2 is 2.00 bits per heavy atom. The van der Waals surface area contributed by atoms with Crippen LogP contribution in [0.3, 0.4) is 0 Å². The third-order valence-electron chi connectivity index (χ3n) is 2.69. The molecule has 7 nitrogen and oxygen atoms in total. The summed E-state index contributed by atoms with van der Waals surface area (Å²) in [7, 11) is 0. The standard InChI is InChI=1S/C13H13N7S/c1-9-7-11(14)16-12(15-9)8-21-13-17-18-19-20(13)10-5-3-2-4-6-10/h2-7H,8H2,1H3,(H2,14,15,16). The van der Waals surface area contributed by atoms with Gasteiger partial charge in [-0.05, 0) is 29.5 Å². The molecule has 106 valence electrons. The Bertz CT molecular complexity index is 721. The van der Waals surface area contributed by atoms with Crippen LogP contribution in [0.4, 0.5) is 5.82 Å². The molecule has 0 saturated carbocycles. The summed E-state index contributed by atoms with van der Waals surface area (Å²) in [5, 5.41) is 12.4. The van der Waals surface area contributed by atoms with Crippen molar-refractivity contribution in [1.29, 1.82) is 0 Å². The van der Waals surface area contributed by atoms with E-state index in [1.807, 2.05) is 37.3 Å². The van der Waals surface area contributed by atoms with Gasteiger partial charge >= 0.3 is 0 Å². The molecule has 8 heteroatoms. The Labute approximate surface area is 125 Å². The maximum absolute atomic E-state index is 5.72. The van der Waals surface area contributed by atoms with Crippen LogP contribution < -0.4 is 5.73 Å². The van der Waals surface area contributed by atoms with Gasteiger partial charge in [-0.3, -0.25) is 0 Å². The number of nitrogens with zero attached hydrogens (tertiary/aromatic N) is 6. The minimum absolute atomic E-state index is 0.473. The number of aromatic nitrogens is 6. The number of benzene rings is 1. The normalized spacial score (nSPS) is 10.7. The van der Waals surface area contributed by atoms with Crippen molar-refractivity contribution in [3.63, 3.8) is 0 Å². The Hall–Kier alpha value is -2.48. The van der Waals surface area contributed by atoms with Gasteiger partial charge in [0.05, 0.1) is 11.4 Å². The van der Waals surface area contributed by atoms with Crippen LogP contribution in [0.15, 0.2) is 41.6 Å². The van der Waals surface area contributed by atoms with E-state index in [9.17, 15) is 0 Å². The fourth-order valence-electron chi connectivity index (χ4n) is 1.85. The van der Waals surface area contributed by atoms with Crippen LogP contribution >= 0.6 is 11.8 Å². The first-order valence-corrected chi connectivity index (χ1v) is 7.27. The van der Waals surface area contributed by atoms with Gasteiger partial charge in [-0.1, -0.05) is 30.0 Å². The molecule has 2 heterocycles. The maximum Gasteiger partial charge on any atom is 0.214 e. The predicted octanol–water partition coefficient (Wildman–Crippen LogP) is 1.64. The van der Waals surface area contributed by atoms with Gasteiger partial charge in [0.25, 0.3) is 0 Å². The minimum atomic E-state index is 0.473. The highest BCUT2D eigenvalue weighted by Gasteiger charge is 2.10. The second kappa shape index (κ2) is 5.88. The molecular formula is C13H13N7S. The van der Waals surface area contributed by atoms with Gasteiger partial charge in [-0.2, -0.15) is 4.68 Å². The van der Waals surface area contributed by atoms with Crippen molar-refractivity contribution in [2.75, 3.05) is 5.73 Å². The Balaban J connectivity index is 1.79. The lowest BCUT2D eigenvalue weighted by atomic mass is 10.3. The molecule has 3 aromatic rings. The molecule has 0 spiro atoms. The second-order valence-electron chi connectivity index (χ2n) is 4.35. The molecule has 0 radical (unpaired) electrons. The van der Waals surface area contributed by atoms with Crippen molar-refractivity contribution in [3.8, 4) is 5.69 Å². The molecule has 21 heavy (non-hydrogen) atoms. The van der Waals surface area contributed by atoms with E-state index in [2.05, 4.69) is 25.5 Å². The lowest BCUT2D eigenvalue weighted by molar-refractivity contribution is 0.756. The van der Waals surface area contributed by atoms with E-state index in [1.165, 1.54) is 11.8 Å². The number of rotatable bonds is 4. The molecule has 0 fully saturated rings. The maximum atomic E-state index is 5.72. The molecule has 0 atom stereocenters. The lowest BCUT2D eigenvalue weighted by Gasteiger charge is -2.04. The summed E-state index contributed by atoms with van der Waals surface area (Å²) < 4.78 is 1.68. The van der Waals surface area contributed by atoms with Crippen molar-refractivity contribution in [2.45, 2.75) is 17.8 Å². The third kappa shape index (κ3) is 3.16. The Morgan fingerprint density at radius 1 is 1.19 bits per heavy atom. The van der Waals surface area contributed by atoms with Gasteiger partial charge in [-0.15, -0.1) is 5.10 Å². The van der Waals surface area contributed by atoms with Gasteiger partial charge in [-0.25, -0.2) is 9.97 Å². The molecule has 0 aliphatic carbocycles. The molecule has 0 amide bonds. The molecule has 2 aromatic heterocycles. The van der Waals surface area contributed by atoms with E-state index >= 15 is 0 Å². The van der Waals surface area contributed by atoms with Crippen LogP contribution in [0, 0.1) is 6.92 Å². The molecule has 0 bridgehead atoms. The number of tetrazole rings is 1. The van der Waals surface area contributed by atoms with Crippen molar-refractivity contribution in [1.82, 2.24) is 30.2 Å². The summed E-state index contributed by atoms with van der Waals surface area (Å²) >= 11 is 1.47. The largest absolute Gasteiger partial charge is 0.384 e. The fourth-order valence-corrected chi connectivity index (χ4v) is 2.60. The van der Waals surface area contributed by atoms with Gasteiger partial charge in [0.1, 0.15) is 11.6 Å². The number of hydrogen-bond acceptors (Lipinski definition) is 7. The molecule has 0 aliphatic rings. The van der Waals surface area contributed by atoms with E-state index in [4.69, 9.17) is 5.73 Å². The highest BCUT2D eigenvalue weighted by atomic mass is 32.2. The number of nitrogen functional groups attached to an aromatic ring is 1. The second-order valence-corrected chi connectivity index (χ2v) is 5.29. The number of thioether (sulfide) groups is 1. The van der Waals surface area contributed by atoms with E-state index in [0.29, 0.717) is 22.6 Å². The van der Waals surface area contributed by atoms with Gasteiger partial charge < -0.3 is 5.73 Å². The SMILES string of the molecule is Cc1cc(N)nc(CSc2nnnn2-c2ccccc2)n1. The topological polar surface area (TPSA) is 95.4 Å². The van der Waals surface area contributed by atoms with Crippen molar-refractivity contribution in [3.05, 3.63) is 47.9 Å². The number of aryl methyl sites for hydroxylation is 1. The lowest BCUT2D eigenvalue weighted by Crippen LogP contribution is -2.02. The first-order valence-electron chi connectivity index (χ1n) is 6.29. The summed E-state index contributed by atoms with van der Waals surface area (Å²) in [5.74, 6) is 1.69. The first-order chi connectivity index (χ1) is 10.2. The third-order valence-corrected chi connectivity index (χ3v) is 3.61. The highest BCUT2D eigenvalue weighted by Crippen LogP contribution is 2.21. The molecule has 2 N–H and O–H groups in total. The van der Waals surface area contributed by atoms with Crippen molar-refractivity contribution >= 4 is 17.6 Å². The quantitative estimate of drug-likeness (QED) is 0.731. The van der Waals surface area contributed by atoms with Crippen LogP contribution in [0.25, 0.3) is 5.69 Å². The molecule has 0 saturated heterocycles. The highest BCUT2D eigenvalue weighted by molar-refractivity contribution is 7.98. The smallest absolute Gasteiger partial charge is 0.214 e. The first kappa shape index (κ1) is 13.5. The van der Waals surface area contributed by atoms with Crippen LogP contribution in [0.2, 0.25) is 0 Å². The summed E-state index contributed by atoms with van der Waals surface area (Å²) in [4.78, 5) is 8.55. The van der Waals surface area contributed by atoms with E-state index in [-0.39, 0.29) is 0 Å². The number of para-hydroxylation sites is 1. The Morgan fingerprint density at radius 3 is 2.76 bits per heavy atom.